The zero-order valence-electron chi connectivity index (χ0n) is 18.5. The minimum atomic E-state index is -7.10. The molecule has 0 aliphatic heterocycles. The summed E-state index contributed by atoms with van der Waals surface area (Å²) in [5.41, 5.74) is 0.884. The van der Waals surface area contributed by atoms with Crippen molar-refractivity contribution in [3.63, 3.8) is 0 Å². The van der Waals surface area contributed by atoms with Crippen LogP contribution in [0, 0.1) is 0 Å². The predicted octanol–water partition coefficient (Wildman–Crippen LogP) is 5.94. The van der Waals surface area contributed by atoms with Crippen LogP contribution in [0.5, 0.6) is 5.75 Å². The first kappa shape index (κ1) is 32.2. The summed E-state index contributed by atoms with van der Waals surface area (Å²) in [7, 11) is 0. The lowest BCUT2D eigenvalue weighted by molar-refractivity contribution is -0.564. The second-order valence-electron chi connectivity index (χ2n) is 7.22. The average Bonchev–Trinajstić information content (AvgIpc) is 2.74. The Balaban J connectivity index is 1.93. The average molecular weight is 596 g/mol. The molecule has 0 saturated heterocycles. The van der Waals surface area contributed by atoms with Crippen molar-refractivity contribution in [3.8, 4) is 17.1 Å². The van der Waals surface area contributed by atoms with Crippen molar-refractivity contribution in [1.82, 2.24) is 9.97 Å². The molecule has 0 aliphatic rings. The quantitative estimate of drug-likeness (QED) is 0.226. The van der Waals surface area contributed by atoms with Crippen molar-refractivity contribution >= 4 is 0 Å². The number of ether oxygens (including phenoxy) is 4. The van der Waals surface area contributed by atoms with Crippen molar-refractivity contribution in [3.05, 3.63) is 42.2 Å². The highest BCUT2D eigenvalue weighted by Crippen LogP contribution is 2.48. The molecule has 220 valence electrons. The van der Waals surface area contributed by atoms with Crippen molar-refractivity contribution in [2.24, 2.45) is 0 Å². The minimum absolute atomic E-state index is 0.164. The Bertz CT molecular complexity index is 1080. The molecule has 0 atom stereocenters. The third-order valence-electron chi connectivity index (χ3n) is 4.11. The van der Waals surface area contributed by atoms with Gasteiger partial charge in [-0.05, 0) is 12.0 Å². The van der Waals surface area contributed by atoms with E-state index >= 15 is 0 Å². The van der Waals surface area contributed by atoms with Gasteiger partial charge in [-0.2, -0.15) is 43.9 Å². The summed E-state index contributed by atoms with van der Waals surface area (Å²) in [5, 5.41) is 9.15. The van der Waals surface area contributed by atoms with Crippen molar-refractivity contribution < 1.29 is 81.1 Å². The molecule has 7 nitrogen and oxygen atoms in total. The van der Waals surface area contributed by atoms with E-state index in [1.54, 1.807) is 9.47 Å². The Kier molecular flexibility index (Phi) is 9.31. The number of rotatable bonds is 13. The lowest BCUT2D eigenvalue weighted by Crippen LogP contribution is -2.57. The fourth-order valence-corrected chi connectivity index (χ4v) is 2.43. The van der Waals surface area contributed by atoms with Crippen LogP contribution in [-0.2, 0) is 25.4 Å². The molecule has 39 heavy (non-hydrogen) atoms. The number of alkyl halides is 13. The van der Waals surface area contributed by atoms with Gasteiger partial charge in [0.1, 0.15) is 6.61 Å². The molecule has 0 aliphatic carbocycles. The van der Waals surface area contributed by atoms with E-state index in [9.17, 15) is 57.1 Å². The molecule has 1 aromatic carbocycles. The van der Waals surface area contributed by atoms with Gasteiger partial charge in [0.05, 0.1) is 19.0 Å². The Hall–Kier alpha value is -2.97. The molecular formula is C19H13F13N2O5. The molecule has 20 heteroatoms. The largest absolute Gasteiger partial charge is 0.527 e. The van der Waals surface area contributed by atoms with Crippen LogP contribution in [0.1, 0.15) is 5.56 Å². The normalized spacial score (nSPS) is 14.1. The van der Waals surface area contributed by atoms with Crippen LogP contribution in [0.25, 0.3) is 11.4 Å². The number of aromatic hydroxyl groups is 1. The molecule has 0 unspecified atom stereocenters. The number of hydrogen-bond acceptors (Lipinski definition) is 7. The van der Waals surface area contributed by atoms with Crippen molar-refractivity contribution in [2.75, 3.05) is 13.2 Å². The highest BCUT2D eigenvalue weighted by Gasteiger charge is 2.74. The number of hydrogen-bond donors (Lipinski definition) is 1. The van der Waals surface area contributed by atoms with Crippen LogP contribution in [-0.4, -0.2) is 65.2 Å². The fourth-order valence-electron chi connectivity index (χ4n) is 2.43. The highest BCUT2D eigenvalue weighted by molar-refractivity contribution is 5.55. The maximum atomic E-state index is 13.6. The zero-order valence-corrected chi connectivity index (χ0v) is 18.5. The van der Waals surface area contributed by atoms with E-state index < -0.39 is 50.1 Å². The third kappa shape index (κ3) is 9.04. The van der Waals surface area contributed by atoms with Crippen LogP contribution >= 0.6 is 0 Å². The molecule has 0 amide bonds. The Morgan fingerprint density at radius 1 is 0.641 bits per heavy atom. The molecular weight excluding hydrogens is 583 g/mol. The minimum Gasteiger partial charge on any atom is -0.505 e. The van der Waals surface area contributed by atoms with Gasteiger partial charge >= 0.3 is 36.9 Å². The molecule has 0 bridgehead atoms. The van der Waals surface area contributed by atoms with Gasteiger partial charge in [-0.25, -0.2) is 24.2 Å². The Morgan fingerprint density at radius 2 is 1.10 bits per heavy atom. The van der Waals surface area contributed by atoms with Crippen LogP contribution < -0.4 is 0 Å². The van der Waals surface area contributed by atoms with Gasteiger partial charge in [0.25, 0.3) is 0 Å². The van der Waals surface area contributed by atoms with Gasteiger partial charge in [0.15, 0.2) is 11.6 Å². The number of nitrogens with zero attached hydrogens (tertiary/aromatic N) is 2. The van der Waals surface area contributed by atoms with E-state index in [1.807, 2.05) is 0 Å². The smallest absolute Gasteiger partial charge is 0.505 e. The van der Waals surface area contributed by atoms with Crippen molar-refractivity contribution in [1.29, 1.82) is 0 Å². The molecule has 1 aromatic heterocycles. The second kappa shape index (κ2) is 11.3. The van der Waals surface area contributed by atoms with Gasteiger partial charge in [-0.3, -0.25) is 0 Å². The maximum absolute atomic E-state index is 13.6. The van der Waals surface area contributed by atoms with E-state index in [0.29, 0.717) is 11.1 Å². The summed E-state index contributed by atoms with van der Waals surface area (Å²) in [4.78, 5) is 7.67. The standard InChI is InChI=1S/C19H13F13N2O5/c20-14(21,9-36-6-5-10-1-3-11(4-2-10)13-33-7-12(35)8-34-13)37-15(22,23)16(24,25)38-17(26,27)18(28,29)39-19(30,31)32/h1-4,7-8,35H,5-6,9H2. The Labute approximate surface area is 208 Å². The lowest BCUT2D eigenvalue weighted by Gasteiger charge is -2.33. The number of halogens is 13. The van der Waals surface area contributed by atoms with Gasteiger partial charge in [0.2, 0.25) is 0 Å². The first-order chi connectivity index (χ1) is 17.6. The first-order valence-corrected chi connectivity index (χ1v) is 9.80. The fraction of sp³-hybridized carbons (Fsp3) is 0.474. The van der Waals surface area contributed by atoms with Crippen LogP contribution in [0.3, 0.4) is 0 Å². The van der Waals surface area contributed by atoms with E-state index in [-0.39, 0.29) is 18.0 Å². The van der Waals surface area contributed by atoms with E-state index in [0.717, 1.165) is 12.4 Å². The third-order valence-corrected chi connectivity index (χ3v) is 4.11. The van der Waals surface area contributed by atoms with Crippen molar-refractivity contribution in [2.45, 2.75) is 43.3 Å². The molecule has 0 radical (unpaired) electrons. The van der Waals surface area contributed by atoms with Crippen LogP contribution in [0.15, 0.2) is 36.7 Å². The summed E-state index contributed by atoms with van der Waals surface area (Å²) in [6.07, 6.45) is -37.8. The molecule has 2 aromatic rings. The molecule has 0 fully saturated rings. The number of aromatic nitrogens is 2. The van der Waals surface area contributed by atoms with E-state index in [2.05, 4.69) is 19.4 Å². The zero-order chi connectivity index (χ0) is 29.9. The monoisotopic (exact) mass is 596 g/mol. The molecule has 2 rings (SSSR count). The SMILES string of the molecule is Oc1cnc(-c2ccc(CCOCC(F)(F)OC(F)(F)C(F)(F)OC(F)(F)C(F)(F)OC(F)(F)F)cc2)nc1. The topological polar surface area (TPSA) is 82.9 Å². The van der Waals surface area contributed by atoms with Gasteiger partial charge in [-0.1, -0.05) is 24.3 Å². The summed E-state index contributed by atoms with van der Waals surface area (Å²) in [6, 6.07) is 5.82. The number of benzene rings is 1. The first-order valence-electron chi connectivity index (χ1n) is 9.80. The summed E-state index contributed by atoms with van der Waals surface area (Å²) in [6.45, 7) is -2.84. The van der Waals surface area contributed by atoms with E-state index in [4.69, 9.17) is 5.11 Å². The van der Waals surface area contributed by atoms with Crippen LogP contribution in [0.2, 0.25) is 0 Å². The summed E-state index contributed by atoms with van der Waals surface area (Å²) in [5.74, 6) is 0.0146. The van der Waals surface area contributed by atoms with Gasteiger partial charge in [0, 0.05) is 5.56 Å². The molecule has 0 spiro atoms. The molecule has 1 heterocycles. The molecule has 0 saturated carbocycles. The second-order valence-corrected chi connectivity index (χ2v) is 7.22. The lowest BCUT2D eigenvalue weighted by atomic mass is 10.1. The van der Waals surface area contributed by atoms with Gasteiger partial charge < -0.3 is 9.84 Å². The summed E-state index contributed by atoms with van der Waals surface area (Å²) < 4.78 is 178. The Morgan fingerprint density at radius 3 is 1.59 bits per heavy atom. The van der Waals surface area contributed by atoms with Gasteiger partial charge in [-0.15, -0.1) is 13.2 Å². The maximum Gasteiger partial charge on any atom is 0.527 e. The highest BCUT2D eigenvalue weighted by atomic mass is 19.4. The van der Waals surface area contributed by atoms with E-state index in [1.165, 1.54) is 24.3 Å². The predicted molar refractivity (Wildman–Crippen MR) is 97.7 cm³/mol. The molecule has 1 N–H and O–H groups in total. The summed E-state index contributed by atoms with van der Waals surface area (Å²) >= 11 is 0. The van der Waals surface area contributed by atoms with Crippen LogP contribution in [0.4, 0.5) is 57.1 Å².